The Balaban J connectivity index is 3.14. The average molecular weight is 246 g/mol. The van der Waals surface area contributed by atoms with Crippen LogP contribution in [0.25, 0.3) is 0 Å². The Labute approximate surface area is 115 Å². The summed E-state index contributed by atoms with van der Waals surface area (Å²) in [5, 5.41) is 0. The maximum absolute atomic E-state index is 3.65. The highest BCUT2D eigenvalue weighted by Gasteiger charge is 1.88. The average Bonchev–Trinajstić information content (AvgIpc) is 2.39. The number of hydrogen-bond donors (Lipinski definition) is 0. The van der Waals surface area contributed by atoms with Crippen LogP contribution < -0.4 is 0 Å². The van der Waals surface area contributed by atoms with E-state index in [0.29, 0.717) is 0 Å². The van der Waals surface area contributed by atoms with E-state index in [9.17, 15) is 0 Å². The second-order valence-electron chi connectivity index (χ2n) is 4.78. The topological polar surface area (TPSA) is 0 Å². The Hall–Kier alpha value is -0.960. The molecule has 0 aliphatic heterocycles. The molecular weight excluding hydrogens is 216 g/mol. The van der Waals surface area contributed by atoms with E-state index in [-0.39, 0.29) is 0 Å². The van der Waals surface area contributed by atoms with Crippen LogP contribution in [-0.2, 0) is 0 Å². The van der Waals surface area contributed by atoms with E-state index in [4.69, 9.17) is 0 Å². The molecular formula is C18H30. The molecule has 0 radical (unpaired) electrons. The Morgan fingerprint density at radius 1 is 0.833 bits per heavy atom. The third kappa shape index (κ3) is 15.0. The lowest BCUT2D eigenvalue weighted by Gasteiger charge is -1.96. The zero-order chi connectivity index (χ0) is 13.3. The van der Waals surface area contributed by atoms with Gasteiger partial charge in [0, 0.05) is 12.8 Å². The molecule has 0 atom stereocenters. The van der Waals surface area contributed by atoms with E-state index in [1.165, 1.54) is 51.4 Å². The minimum Gasteiger partial charge on any atom is -0.103 e. The first-order chi connectivity index (χ1) is 8.91. The maximum Gasteiger partial charge on any atom is 0.00887 e. The van der Waals surface area contributed by atoms with Gasteiger partial charge < -0.3 is 0 Å². The largest absolute Gasteiger partial charge is 0.103 e. The molecule has 0 N–H and O–H groups in total. The zero-order valence-corrected chi connectivity index (χ0v) is 12.2. The van der Waals surface area contributed by atoms with Crippen LogP contribution in [0.2, 0.25) is 0 Å². The quantitative estimate of drug-likeness (QED) is 0.237. The van der Waals surface area contributed by atoms with Crippen LogP contribution in [0.5, 0.6) is 0 Å². The van der Waals surface area contributed by atoms with E-state index in [1.54, 1.807) is 0 Å². The van der Waals surface area contributed by atoms with Crippen molar-refractivity contribution in [1.82, 2.24) is 0 Å². The Bertz CT molecular complexity index is 249. The molecule has 0 fully saturated rings. The number of rotatable bonds is 11. The molecule has 18 heavy (non-hydrogen) atoms. The first kappa shape index (κ1) is 17.0. The standard InChI is InChI=1S/C18H30/c1-3-5-7-9-11-13-15-17-18-16-14-12-10-8-6-4-2/h3,5,7H,1,4,6,8-16H2,2H3. The van der Waals surface area contributed by atoms with Gasteiger partial charge in [-0.1, -0.05) is 63.8 Å². The molecule has 0 saturated heterocycles. The molecule has 0 unspecified atom stereocenters. The summed E-state index contributed by atoms with van der Waals surface area (Å²) in [6.45, 7) is 5.91. The predicted octanol–water partition coefficient (Wildman–Crippen LogP) is 6.04. The van der Waals surface area contributed by atoms with Crippen molar-refractivity contribution < 1.29 is 0 Å². The molecule has 0 aromatic heterocycles. The first-order valence-electron chi connectivity index (χ1n) is 7.65. The molecule has 0 aromatic rings. The molecule has 0 aliphatic carbocycles. The van der Waals surface area contributed by atoms with Crippen molar-refractivity contribution in [1.29, 1.82) is 0 Å². The van der Waals surface area contributed by atoms with E-state index in [0.717, 1.165) is 19.3 Å². The summed E-state index contributed by atoms with van der Waals surface area (Å²) in [6.07, 6.45) is 20.0. The van der Waals surface area contributed by atoms with Crippen LogP contribution in [0, 0.1) is 11.8 Å². The fourth-order valence-corrected chi connectivity index (χ4v) is 1.84. The van der Waals surface area contributed by atoms with Crippen LogP contribution in [0.15, 0.2) is 24.8 Å². The van der Waals surface area contributed by atoms with Gasteiger partial charge in [-0.3, -0.25) is 0 Å². The van der Waals surface area contributed by atoms with Crippen LogP contribution in [0.1, 0.15) is 77.6 Å². The van der Waals surface area contributed by atoms with Crippen molar-refractivity contribution in [2.75, 3.05) is 0 Å². The van der Waals surface area contributed by atoms with E-state index in [1.807, 2.05) is 12.2 Å². The van der Waals surface area contributed by atoms with Crippen molar-refractivity contribution in [3.63, 3.8) is 0 Å². The molecule has 0 aliphatic rings. The van der Waals surface area contributed by atoms with Gasteiger partial charge in [0.25, 0.3) is 0 Å². The van der Waals surface area contributed by atoms with Gasteiger partial charge in [-0.15, -0.1) is 11.8 Å². The van der Waals surface area contributed by atoms with Crippen molar-refractivity contribution in [3.05, 3.63) is 24.8 Å². The fourth-order valence-electron chi connectivity index (χ4n) is 1.84. The Kier molecular flexibility index (Phi) is 15.2. The van der Waals surface area contributed by atoms with Crippen LogP contribution in [0.3, 0.4) is 0 Å². The van der Waals surface area contributed by atoms with E-state index < -0.39 is 0 Å². The minimum absolute atomic E-state index is 1.07. The van der Waals surface area contributed by atoms with Gasteiger partial charge in [0.15, 0.2) is 0 Å². The molecule has 0 spiro atoms. The summed E-state index contributed by atoms with van der Waals surface area (Å²) in [5.41, 5.74) is 0. The highest BCUT2D eigenvalue weighted by atomic mass is 13.9. The summed E-state index contributed by atoms with van der Waals surface area (Å²) in [6, 6.07) is 0. The SMILES string of the molecule is C=CC=CCCCCC#CCCCCCCCC. The third-order valence-electron chi connectivity index (χ3n) is 2.98. The van der Waals surface area contributed by atoms with Gasteiger partial charge >= 0.3 is 0 Å². The van der Waals surface area contributed by atoms with Crippen molar-refractivity contribution in [2.45, 2.75) is 77.6 Å². The van der Waals surface area contributed by atoms with Crippen LogP contribution in [-0.4, -0.2) is 0 Å². The van der Waals surface area contributed by atoms with E-state index in [2.05, 4.69) is 31.4 Å². The van der Waals surface area contributed by atoms with Gasteiger partial charge in [0.2, 0.25) is 0 Å². The highest BCUT2D eigenvalue weighted by molar-refractivity contribution is 4.99. The van der Waals surface area contributed by atoms with Crippen LogP contribution >= 0.6 is 0 Å². The summed E-state index contributed by atoms with van der Waals surface area (Å²) in [7, 11) is 0. The molecule has 0 saturated carbocycles. The first-order valence-corrected chi connectivity index (χ1v) is 7.65. The smallest absolute Gasteiger partial charge is 0.00887 e. The number of hydrogen-bond acceptors (Lipinski definition) is 0. The molecule has 0 aromatic carbocycles. The molecule has 0 rings (SSSR count). The fraction of sp³-hybridized carbons (Fsp3) is 0.667. The second kappa shape index (κ2) is 16.0. The Morgan fingerprint density at radius 3 is 2.11 bits per heavy atom. The lowest BCUT2D eigenvalue weighted by atomic mass is 10.1. The molecule has 0 bridgehead atoms. The maximum atomic E-state index is 3.65. The van der Waals surface area contributed by atoms with Crippen molar-refractivity contribution in [2.24, 2.45) is 0 Å². The summed E-state index contributed by atoms with van der Waals surface area (Å²) >= 11 is 0. The summed E-state index contributed by atoms with van der Waals surface area (Å²) < 4.78 is 0. The van der Waals surface area contributed by atoms with Crippen molar-refractivity contribution >= 4 is 0 Å². The molecule has 0 nitrogen and oxygen atoms in total. The highest BCUT2D eigenvalue weighted by Crippen LogP contribution is 2.06. The molecule has 102 valence electrons. The van der Waals surface area contributed by atoms with Crippen LogP contribution in [0.4, 0.5) is 0 Å². The van der Waals surface area contributed by atoms with Crippen molar-refractivity contribution in [3.8, 4) is 11.8 Å². The van der Waals surface area contributed by atoms with E-state index >= 15 is 0 Å². The number of allylic oxidation sites excluding steroid dienone is 3. The lowest BCUT2D eigenvalue weighted by molar-refractivity contribution is 0.613. The predicted molar refractivity (Wildman–Crippen MR) is 83.6 cm³/mol. The molecule has 0 heterocycles. The lowest BCUT2D eigenvalue weighted by Crippen LogP contribution is -1.78. The van der Waals surface area contributed by atoms with Gasteiger partial charge in [-0.05, 0) is 25.7 Å². The van der Waals surface area contributed by atoms with Gasteiger partial charge in [-0.2, -0.15) is 0 Å². The third-order valence-corrected chi connectivity index (χ3v) is 2.98. The normalized spacial score (nSPS) is 10.3. The summed E-state index contributed by atoms with van der Waals surface area (Å²) in [4.78, 5) is 0. The molecule has 0 heteroatoms. The summed E-state index contributed by atoms with van der Waals surface area (Å²) in [5.74, 6) is 6.58. The van der Waals surface area contributed by atoms with Gasteiger partial charge in [0.05, 0.1) is 0 Å². The Morgan fingerprint density at radius 2 is 1.44 bits per heavy atom. The minimum atomic E-state index is 1.07. The zero-order valence-electron chi connectivity index (χ0n) is 12.2. The monoisotopic (exact) mass is 246 g/mol. The van der Waals surface area contributed by atoms with Gasteiger partial charge in [0.1, 0.15) is 0 Å². The van der Waals surface area contributed by atoms with Gasteiger partial charge in [-0.25, -0.2) is 0 Å². The second-order valence-corrected chi connectivity index (χ2v) is 4.78. The molecule has 0 amide bonds. The number of unbranched alkanes of at least 4 members (excludes halogenated alkanes) is 9.